The summed E-state index contributed by atoms with van der Waals surface area (Å²) in [6, 6.07) is 7.45. The molecule has 0 aromatic carbocycles. The Labute approximate surface area is 172 Å². The second-order valence-electron chi connectivity index (χ2n) is 6.60. The molecule has 4 heterocycles. The van der Waals surface area contributed by atoms with Gasteiger partial charge in [0.1, 0.15) is 12.4 Å². The number of aromatic nitrogens is 7. The molecule has 0 spiro atoms. The van der Waals surface area contributed by atoms with Crippen molar-refractivity contribution < 1.29 is 4.79 Å². The van der Waals surface area contributed by atoms with E-state index in [1.807, 2.05) is 6.07 Å². The van der Waals surface area contributed by atoms with Crippen molar-refractivity contribution >= 4 is 11.6 Å². The Balaban J connectivity index is 1.78. The van der Waals surface area contributed by atoms with E-state index in [1.165, 1.54) is 4.52 Å². The topological polar surface area (TPSA) is 127 Å². The van der Waals surface area contributed by atoms with Crippen molar-refractivity contribution in [1.82, 2.24) is 39.7 Å². The smallest absolute Gasteiger partial charge is 0.290 e. The highest BCUT2D eigenvalue weighted by Crippen LogP contribution is 2.20. The predicted molar refractivity (Wildman–Crippen MR) is 107 cm³/mol. The number of aryl methyl sites for hydroxylation is 1. The highest BCUT2D eigenvalue weighted by Gasteiger charge is 2.19. The summed E-state index contributed by atoms with van der Waals surface area (Å²) in [5.74, 6) is 0.230. The minimum Gasteiger partial charge on any atom is -0.352 e. The molecule has 30 heavy (non-hydrogen) atoms. The summed E-state index contributed by atoms with van der Waals surface area (Å²) in [4.78, 5) is 25.3. The first-order chi connectivity index (χ1) is 14.7. The number of rotatable bonds is 6. The van der Waals surface area contributed by atoms with Gasteiger partial charge in [-0.1, -0.05) is 13.3 Å². The molecule has 0 unspecified atom stereocenters. The average Bonchev–Trinajstić information content (AvgIpc) is 3.42. The molecule has 1 N–H and O–H groups in total. The molecule has 0 fully saturated rings. The van der Waals surface area contributed by atoms with E-state index < -0.39 is 0 Å². The van der Waals surface area contributed by atoms with Gasteiger partial charge in [-0.15, -0.1) is 5.10 Å². The number of amides is 1. The Morgan fingerprint density at radius 3 is 2.90 bits per heavy atom. The zero-order valence-corrected chi connectivity index (χ0v) is 16.6. The number of hydrogen-bond donors (Lipinski definition) is 1. The predicted octanol–water partition coefficient (Wildman–Crippen LogP) is 1.48. The van der Waals surface area contributed by atoms with Crippen molar-refractivity contribution in [2.24, 2.45) is 0 Å². The van der Waals surface area contributed by atoms with Gasteiger partial charge in [-0.05, 0) is 24.6 Å². The molecule has 0 aliphatic heterocycles. The van der Waals surface area contributed by atoms with Gasteiger partial charge in [-0.2, -0.15) is 10.4 Å². The van der Waals surface area contributed by atoms with Gasteiger partial charge in [-0.3, -0.25) is 4.79 Å². The van der Waals surface area contributed by atoms with Crippen molar-refractivity contribution in [3.63, 3.8) is 0 Å². The molecule has 4 rings (SSSR count). The van der Waals surface area contributed by atoms with Crippen LogP contribution in [0.5, 0.6) is 0 Å². The van der Waals surface area contributed by atoms with Crippen LogP contribution in [-0.2, 0) is 12.8 Å². The summed E-state index contributed by atoms with van der Waals surface area (Å²) in [6.07, 6.45) is 6.95. The Kier molecular flexibility index (Phi) is 5.17. The largest absolute Gasteiger partial charge is 0.352 e. The molecular formula is C20H19N9O. The minimum atomic E-state index is -0.347. The van der Waals surface area contributed by atoms with Crippen molar-refractivity contribution in [2.45, 2.75) is 26.2 Å². The molecule has 1 amide bonds. The van der Waals surface area contributed by atoms with E-state index in [-0.39, 0.29) is 11.7 Å². The summed E-state index contributed by atoms with van der Waals surface area (Å²) < 4.78 is 3.18. The Hall–Kier alpha value is -4.13. The van der Waals surface area contributed by atoms with Crippen LogP contribution in [0.4, 0.5) is 0 Å². The second kappa shape index (κ2) is 8.08. The number of nitriles is 1. The first-order valence-electron chi connectivity index (χ1n) is 9.49. The van der Waals surface area contributed by atoms with Crippen LogP contribution in [0.3, 0.4) is 0 Å². The van der Waals surface area contributed by atoms with Crippen molar-refractivity contribution in [3.05, 3.63) is 65.3 Å². The van der Waals surface area contributed by atoms with E-state index in [1.54, 1.807) is 42.6 Å². The average molecular weight is 401 g/mol. The summed E-state index contributed by atoms with van der Waals surface area (Å²) >= 11 is 0. The second-order valence-corrected chi connectivity index (χ2v) is 6.60. The van der Waals surface area contributed by atoms with Crippen molar-refractivity contribution in [1.29, 1.82) is 5.26 Å². The minimum absolute atomic E-state index is 0.103. The van der Waals surface area contributed by atoms with Crippen LogP contribution in [0, 0.1) is 11.3 Å². The lowest BCUT2D eigenvalue weighted by molar-refractivity contribution is 0.0953. The van der Waals surface area contributed by atoms with Crippen LogP contribution in [0.15, 0.2) is 36.9 Å². The molecule has 0 atom stereocenters. The fourth-order valence-corrected chi connectivity index (χ4v) is 3.29. The maximum Gasteiger partial charge on any atom is 0.290 e. The van der Waals surface area contributed by atoms with E-state index in [0.717, 1.165) is 29.8 Å². The molecule has 150 valence electrons. The Morgan fingerprint density at radius 1 is 1.27 bits per heavy atom. The number of fused-ring (bicyclic) bond motifs is 1. The van der Waals surface area contributed by atoms with E-state index in [4.69, 9.17) is 0 Å². The number of carbonyl (C=O) groups is 1. The van der Waals surface area contributed by atoms with Crippen LogP contribution in [0.1, 0.15) is 46.5 Å². The molecule has 10 heteroatoms. The zero-order valence-electron chi connectivity index (χ0n) is 16.6. The number of pyridine rings is 1. The van der Waals surface area contributed by atoms with Gasteiger partial charge in [0.05, 0.1) is 17.0 Å². The zero-order chi connectivity index (χ0) is 21.1. The maximum atomic E-state index is 11.9. The Bertz CT molecular complexity index is 1270. The monoisotopic (exact) mass is 401 g/mol. The summed E-state index contributed by atoms with van der Waals surface area (Å²) in [6.45, 7) is 2.07. The van der Waals surface area contributed by atoms with Crippen molar-refractivity contribution in [2.75, 3.05) is 7.05 Å². The molecule has 0 aliphatic rings. The normalized spacial score (nSPS) is 10.8. The molecule has 0 bridgehead atoms. The first kappa shape index (κ1) is 19.2. The highest BCUT2D eigenvalue weighted by atomic mass is 16.2. The summed E-state index contributed by atoms with van der Waals surface area (Å²) in [5, 5.41) is 20.5. The lowest BCUT2D eigenvalue weighted by atomic mass is 10.1. The molecule has 0 aliphatic carbocycles. The van der Waals surface area contributed by atoms with E-state index in [0.29, 0.717) is 23.4 Å². The molecule has 4 aromatic heterocycles. The number of nitrogens with one attached hydrogen (secondary N) is 1. The van der Waals surface area contributed by atoms with Crippen LogP contribution >= 0.6 is 0 Å². The van der Waals surface area contributed by atoms with Gasteiger partial charge in [0.2, 0.25) is 5.82 Å². The lowest BCUT2D eigenvalue weighted by Crippen LogP contribution is -2.19. The van der Waals surface area contributed by atoms with Gasteiger partial charge in [0, 0.05) is 31.4 Å². The highest BCUT2D eigenvalue weighted by molar-refractivity contribution is 5.90. The summed E-state index contributed by atoms with van der Waals surface area (Å²) in [7, 11) is 1.54. The maximum absolute atomic E-state index is 11.9. The van der Waals surface area contributed by atoms with Gasteiger partial charge >= 0.3 is 0 Å². The molecule has 10 nitrogen and oxygen atoms in total. The number of carbonyl (C=O) groups excluding carboxylic acids is 1. The molecular weight excluding hydrogens is 382 g/mol. The SMILES string of the molecule is CCCc1c(Cc2ccnn2-c2ncccc2C#N)ncn2nc(C(=O)NC)nc12. The fraction of sp³-hybridized carbons (Fsp3) is 0.250. The molecule has 0 saturated carbocycles. The standard InChI is InChI=1S/C20H19N9O/c1-3-5-15-16(24-12-28-19(15)26-17(27-28)20(30)22-2)10-14-7-9-25-29(14)18-13(11-21)6-4-8-23-18/h4,6-9,12H,3,5,10H2,1-2H3,(H,22,30). The third kappa shape index (κ3) is 3.37. The Morgan fingerprint density at radius 2 is 2.13 bits per heavy atom. The lowest BCUT2D eigenvalue weighted by Gasteiger charge is -2.11. The van der Waals surface area contributed by atoms with E-state index in [2.05, 4.69) is 43.5 Å². The van der Waals surface area contributed by atoms with Gasteiger partial charge in [0.15, 0.2) is 11.5 Å². The third-order valence-corrected chi connectivity index (χ3v) is 4.68. The summed E-state index contributed by atoms with van der Waals surface area (Å²) in [5.41, 5.74) is 3.63. The van der Waals surface area contributed by atoms with Crippen LogP contribution in [0.25, 0.3) is 11.5 Å². The fourth-order valence-electron chi connectivity index (χ4n) is 3.29. The number of hydrogen-bond acceptors (Lipinski definition) is 7. The molecule has 4 aromatic rings. The molecule has 0 radical (unpaired) electrons. The van der Waals surface area contributed by atoms with Gasteiger partial charge in [-0.25, -0.2) is 24.1 Å². The molecule has 0 saturated heterocycles. The van der Waals surface area contributed by atoms with Crippen molar-refractivity contribution in [3.8, 4) is 11.9 Å². The van der Waals surface area contributed by atoms with Gasteiger partial charge in [0.25, 0.3) is 5.91 Å². The first-order valence-corrected chi connectivity index (χ1v) is 9.49. The van der Waals surface area contributed by atoms with E-state index in [9.17, 15) is 10.1 Å². The van der Waals surface area contributed by atoms with Gasteiger partial charge < -0.3 is 5.32 Å². The van der Waals surface area contributed by atoms with Crippen LogP contribution in [-0.4, -0.2) is 47.3 Å². The van der Waals surface area contributed by atoms with Crippen LogP contribution < -0.4 is 5.32 Å². The number of nitrogens with zero attached hydrogens (tertiary/aromatic N) is 8. The third-order valence-electron chi connectivity index (χ3n) is 4.68. The quantitative estimate of drug-likeness (QED) is 0.518. The van der Waals surface area contributed by atoms with E-state index >= 15 is 0 Å². The van der Waals surface area contributed by atoms with Crippen LogP contribution in [0.2, 0.25) is 0 Å².